The first-order valence-corrected chi connectivity index (χ1v) is 11.2. The Bertz CT molecular complexity index is 1190. The van der Waals surface area contributed by atoms with Crippen molar-refractivity contribution in [3.8, 4) is 0 Å². The van der Waals surface area contributed by atoms with Crippen LogP contribution in [0.4, 0.5) is 30.6 Å². The number of nitrogens with zero attached hydrogens (tertiary/aromatic N) is 2. The standard InChI is InChI=1S/C22H23ClF3N5O3/c1-10-5-11(2)9-31(8-10)21-29-18-17(20(34)30-21)13(7-16(32)28-18)19(33)27-12-3-4-15(23)14(6-12)22(24,25)26/h3-4,6,10-11,13H,5,7-9H2,1-2H3,(H,27,33)(H2,28,29,30,32,34)/t10-,11-,13-/m1/s1. The molecular formula is C22H23ClF3N5O3. The third kappa shape index (κ3) is 4.89. The number of carbonyl (C=O) groups excluding carboxylic acids is 2. The highest BCUT2D eigenvalue weighted by atomic mass is 35.5. The number of hydrogen-bond acceptors (Lipinski definition) is 5. The molecule has 1 aromatic heterocycles. The molecule has 0 spiro atoms. The third-order valence-electron chi connectivity index (χ3n) is 5.96. The number of hydrogen-bond donors (Lipinski definition) is 3. The molecule has 12 heteroatoms. The lowest BCUT2D eigenvalue weighted by atomic mass is 9.91. The van der Waals surface area contributed by atoms with Gasteiger partial charge >= 0.3 is 6.18 Å². The summed E-state index contributed by atoms with van der Waals surface area (Å²) in [6.07, 6.45) is -4.01. The van der Waals surface area contributed by atoms with Gasteiger partial charge < -0.3 is 15.5 Å². The Morgan fingerprint density at radius 1 is 1.21 bits per heavy atom. The van der Waals surface area contributed by atoms with Crippen molar-refractivity contribution >= 4 is 40.9 Å². The molecule has 2 aliphatic rings. The highest BCUT2D eigenvalue weighted by Gasteiger charge is 2.37. The summed E-state index contributed by atoms with van der Waals surface area (Å²) in [5.74, 6) is -1.49. The van der Waals surface area contributed by atoms with Crippen LogP contribution in [0.25, 0.3) is 0 Å². The van der Waals surface area contributed by atoms with E-state index in [1.54, 1.807) is 0 Å². The zero-order valence-electron chi connectivity index (χ0n) is 18.4. The Hall–Kier alpha value is -3.08. The molecule has 0 saturated carbocycles. The van der Waals surface area contributed by atoms with E-state index in [4.69, 9.17) is 11.6 Å². The fourth-order valence-electron chi connectivity index (χ4n) is 4.62. The fourth-order valence-corrected chi connectivity index (χ4v) is 4.84. The first kappa shape index (κ1) is 24.1. The lowest BCUT2D eigenvalue weighted by Crippen LogP contribution is -2.42. The minimum Gasteiger partial charge on any atom is -0.342 e. The summed E-state index contributed by atoms with van der Waals surface area (Å²) in [7, 11) is 0. The number of benzene rings is 1. The molecule has 34 heavy (non-hydrogen) atoms. The van der Waals surface area contributed by atoms with Crippen molar-refractivity contribution in [3.05, 3.63) is 44.7 Å². The summed E-state index contributed by atoms with van der Waals surface area (Å²) in [4.78, 5) is 47.3. The molecule has 3 heterocycles. The van der Waals surface area contributed by atoms with E-state index < -0.39 is 40.1 Å². The number of nitrogens with one attached hydrogen (secondary N) is 3. The number of H-pyrrole nitrogens is 1. The highest BCUT2D eigenvalue weighted by Crippen LogP contribution is 2.37. The van der Waals surface area contributed by atoms with Crippen molar-refractivity contribution in [1.82, 2.24) is 9.97 Å². The van der Waals surface area contributed by atoms with E-state index in [0.29, 0.717) is 36.9 Å². The van der Waals surface area contributed by atoms with Gasteiger partial charge in [-0.2, -0.15) is 18.2 Å². The topological polar surface area (TPSA) is 107 Å². The van der Waals surface area contributed by atoms with Crippen molar-refractivity contribution in [1.29, 1.82) is 0 Å². The second-order valence-electron chi connectivity index (χ2n) is 8.99. The predicted octanol–water partition coefficient (Wildman–Crippen LogP) is 3.99. The average molecular weight is 498 g/mol. The molecule has 8 nitrogen and oxygen atoms in total. The van der Waals surface area contributed by atoms with Gasteiger partial charge in [-0.1, -0.05) is 25.4 Å². The maximum atomic E-state index is 13.2. The number of aromatic nitrogens is 2. The van der Waals surface area contributed by atoms with E-state index in [1.807, 2.05) is 4.90 Å². The predicted molar refractivity (Wildman–Crippen MR) is 121 cm³/mol. The summed E-state index contributed by atoms with van der Waals surface area (Å²) in [6, 6.07) is 2.93. The lowest BCUT2D eigenvalue weighted by molar-refractivity contribution is -0.137. The van der Waals surface area contributed by atoms with Gasteiger partial charge in [-0.3, -0.25) is 19.4 Å². The molecule has 1 aromatic carbocycles. The minimum atomic E-state index is -4.71. The summed E-state index contributed by atoms with van der Waals surface area (Å²) < 4.78 is 39.5. The monoisotopic (exact) mass is 497 g/mol. The molecule has 4 rings (SSSR count). The van der Waals surface area contributed by atoms with Crippen LogP contribution in [0.3, 0.4) is 0 Å². The Labute approximate surface area is 197 Å². The normalized spacial score (nSPS) is 22.7. The number of halogens is 4. The van der Waals surface area contributed by atoms with Crippen molar-refractivity contribution < 1.29 is 22.8 Å². The molecular weight excluding hydrogens is 475 g/mol. The van der Waals surface area contributed by atoms with E-state index in [1.165, 1.54) is 6.07 Å². The maximum Gasteiger partial charge on any atom is 0.417 e. The minimum absolute atomic E-state index is 0.0203. The van der Waals surface area contributed by atoms with Crippen molar-refractivity contribution in [2.75, 3.05) is 28.6 Å². The average Bonchev–Trinajstić information content (AvgIpc) is 2.72. The Morgan fingerprint density at radius 3 is 2.53 bits per heavy atom. The van der Waals surface area contributed by atoms with Crippen LogP contribution >= 0.6 is 11.6 Å². The van der Waals surface area contributed by atoms with Gasteiger partial charge in [0.1, 0.15) is 5.82 Å². The van der Waals surface area contributed by atoms with Crippen LogP contribution in [-0.2, 0) is 15.8 Å². The number of alkyl halides is 3. The van der Waals surface area contributed by atoms with Crippen LogP contribution < -0.4 is 21.1 Å². The molecule has 0 aliphatic carbocycles. The zero-order chi connectivity index (χ0) is 24.8. The number of fused-ring (bicyclic) bond motifs is 1. The number of aromatic amines is 1. The third-order valence-corrected chi connectivity index (χ3v) is 6.29. The molecule has 0 bridgehead atoms. The van der Waals surface area contributed by atoms with Gasteiger partial charge in [0, 0.05) is 25.2 Å². The molecule has 0 unspecified atom stereocenters. The summed E-state index contributed by atoms with van der Waals surface area (Å²) in [5, 5.41) is 4.39. The first-order chi connectivity index (χ1) is 15.9. The van der Waals surface area contributed by atoms with Gasteiger partial charge in [-0.25, -0.2) is 0 Å². The summed E-state index contributed by atoms with van der Waals surface area (Å²) >= 11 is 5.63. The van der Waals surface area contributed by atoms with Crippen LogP contribution in [0.15, 0.2) is 23.0 Å². The molecule has 0 radical (unpaired) electrons. The fraction of sp³-hybridized carbons (Fsp3) is 0.455. The van der Waals surface area contributed by atoms with Gasteiger partial charge in [0.15, 0.2) is 0 Å². The Morgan fingerprint density at radius 2 is 1.88 bits per heavy atom. The molecule has 2 amide bonds. The van der Waals surface area contributed by atoms with Gasteiger partial charge in [0.2, 0.25) is 17.8 Å². The Kier molecular flexibility index (Phi) is 6.32. The van der Waals surface area contributed by atoms with Crippen molar-refractivity contribution in [2.45, 2.75) is 38.8 Å². The van der Waals surface area contributed by atoms with Crippen LogP contribution in [0.2, 0.25) is 5.02 Å². The molecule has 1 saturated heterocycles. The van der Waals surface area contributed by atoms with Crippen molar-refractivity contribution in [3.63, 3.8) is 0 Å². The number of rotatable bonds is 3. The quantitative estimate of drug-likeness (QED) is 0.594. The lowest BCUT2D eigenvalue weighted by Gasteiger charge is -2.35. The number of amides is 2. The zero-order valence-corrected chi connectivity index (χ0v) is 19.2. The maximum absolute atomic E-state index is 13.2. The molecule has 182 valence electrons. The van der Waals surface area contributed by atoms with Gasteiger partial charge in [0.05, 0.1) is 22.1 Å². The molecule has 3 N–H and O–H groups in total. The smallest absolute Gasteiger partial charge is 0.342 e. The van der Waals surface area contributed by atoms with E-state index in [9.17, 15) is 27.6 Å². The Balaban J connectivity index is 1.64. The van der Waals surface area contributed by atoms with Crippen LogP contribution in [0, 0.1) is 11.8 Å². The van der Waals surface area contributed by atoms with E-state index >= 15 is 0 Å². The van der Waals surface area contributed by atoms with E-state index in [-0.39, 0.29) is 23.5 Å². The SMILES string of the molecule is C[C@@H]1C[C@@H](C)CN(c2nc3c(c(=O)[nH]2)[C@H](C(=O)Nc2ccc(Cl)c(C(F)(F)F)c2)CC(=O)N3)C1. The summed E-state index contributed by atoms with van der Waals surface area (Å²) in [6.45, 7) is 5.56. The van der Waals surface area contributed by atoms with Crippen LogP contribution in [0.5, 0.6) is 0 Å². The van der Waals surface area contributed by atoms with Gasteiger partial charge in [-0.15, -0.1) is 0 Å². The second kappa shape index (κ2) is 8.94. The number of carbonyl (C=O) groups is 2. The van der Waals surface area contributed by atoms with E-state index in [2.05, 4.69) is 34.4 Å². The second-order valence-corrected chi connectivity index (χ2v) is 9.40. The first-order valence-electron chi connectivity index (χ1n) is 10.8. The molecule has 3 atom stereocenters. The number of piperidine rings is 1. The van der Waals surface area contributed by atoms with Gasteiger partial charge in [-0.05, 0) is 36.5 Å². The number of anilines is 3. The molecule has 1 fully saturated rings. The van der Waals surface area contributed by atoms with Crippen molar-refractivity contribution in [2.24, 2.45) is 11.8 Å². The van der Waals surface area contributed by atoms with Crippen LogP contribution in [-0.4, -0.2) is 34.9 Å². The largest absolute Gasteiger partial charge is 0.417 e. The summed E-state index contributed by atoms with van der Waals surface area (Å²) in [5.41, 5.74) is -1.89. The van der Waals surface area contributed by atoms with E-state index in [0.717, 1.165) is 12.5 Å². The highest BCUT2D eigenvalue weighted by molar-refractivity contribution is 6.31. The molecule has 2 aromatic rings. The van der Waals surface area contributed by atoms with Gasteiger partial charge in [0.25, 0.3) is 5.56 Å². The van der Waals surface area contributed by atoms with Crippen LogP contribution in [0.1, 0.15) is 43.7 Å². The molecule has 2 aliphatic heterocycles.